The summed E-state index contributed by atoms with van der Waals surface area (Å²) in [6.45, 7) is 2.37. The third-order valence-electron chi connectivity index (χ3n) is 5.71. The van der Waals surface area contributed by atoms with Gasteiger partial charge in [-0.2, -0.15) is 0 Å². The van der Waals surface area contributed by atoms with E-state index in [2.05, 4.69) is 16.2 Å². The number of hydrogen-bond acceptors (Lipinski definition) is 3. The standard InChI is InChI=1S/C24H22N4O2/c1-16-7-5-8-17(15-16)23(29)27-14-12-20-21(19-11-6-13-25-22(19)27)26-28(24(20)30)18-9-3-2-4-10-18/h2-9,11,13,15,18,26H,10,12,14H2,1H3. The highest BCUT2D eigenvalue weighted by Gasteiger charge is 2.30. The number of carbonyl (C=O) groups excluding carboxylic acids is 1. The van der Waals surface area contributed by atoms with Crippen molar-refractivity contribution in [2.24, 2.45) is 0 Å². The molecule has 1 unspecified atom stereocenters. The predicted molar refractivity (Wildman–Crippen MR) is 117 cm³/mol. The van der Waals surface area contributed by atoms with Crippen LogP contribution in [-0.2, 0) is 6.42 Å². The molecule has 3 aromatic rings. The number of anilines is 1. The van der Waals surface area contributed by atoms with Crippen LogP contribution in [0.25, 0.3) is 11.3 Å². The summed E-state index contributed by atoms with van der Waals surface area (Å²) in [7, 11) is 0. The predicted octanol–water partition coefficient (Wildman–Crippen LogP) is 3.81. The highest BCUT2D eigenvalue weighted by molar-refractivity contribution is 6.07. The van der Waals surface area contributed by atoms with Gasteiger partial charge in [-0.15, -0.1) is 0 Å². The lowest BCUT2D eigenvalue weighted by molar-refractivity contribution is 0.0986. The first-order valence-corrected chi connectivity index (χ1v) is 10.1. The Balaban J connectivity index is 1.60. The Bertz CT molecular complexity index is 1250. The zero-order valence-corrected chi connectivity index (χ0v) is 16.7. The van der Waals surface area contributed by atoms with Gasteiger partial charge in [0.2, 0.25) is 0 Å². The summed E-state index contributed by atoms with van der Waals surface area (Å²) in [4.78, 5) is 32.7. The summed E-state index contributed by atoms with van der Waals surface area (Å²) >= 11 is 0. The van der Waals surface area contributed by atoms with Crippen molar-refractivity contribution in [3.8, 4) is 11.3 Å². The number of aromatic amines is 1. The Hall–Kier alpha value is -3.67. The molecule has 1 atom stereocenters. The molecular formula is C24H22N4O2. The second kappa shape index (κ2) is 7.30. The number of carbonyl (C=O) groups is 1. The summed E-state index contributed by atoms with van der Waals surface area (Å²) in [5, 5.41) is 3.32. The number of hydrogen-bond donors (Lipinski definition) is 1. The Labute approximate surface area is 174 Å². The highest BCUT2D eigenvalue weighted by Crippen LogP contribution is 2.34. The van der Waals surface area contributed by atoms with E-state index in [9.17, 15) is 9.59 Å². The fourth-order valence-corrected chi connectivity index (χ4v) is 4.21. The Morgan fingerprint density at radius 1 is 1.20 bits per heavy atom. The first kappa shape index (κ1) is 18.4. The topological polar surface area (TPSA) is 71.0 Å². The molecule has 30 heavy (non-hydrogen) atoms. The van der Waals surface area contributed by atoms with Gasteiger partial charge in [-0.05, 0) is 44.0 Å². The molecule has 0 bridgehead atoms. The molecule has 1 aliphatic heterocycles. The fraction of sp³-hybridized carbons (Fsp3) is 0.208. The van der Waals surface area contributed by atoms with E-state index < -0.39 is 0 Å². The molecule has 0 radical (unpaired) electrons. The van der Waals surface area contributed by atoms with Gasteiger partial charge >= 0.3 is 0 Å². The number of aromatic nitrogens is 3. The van der Waals surface area contributed by atoms with E-state index in [-0.39, 0.29) is 17.5 Å². The molecule has 2 aliphatic rings. The van der Waals surface area contributed by atoms with E-state index >= 15 is 0 Å². The zero-order valence-electron chi connectivity index (χ0n) is 16.7. The SMILES string of the molecule is Cc1cccc(C(=O)N2CCc3c([nH]n(C4C=CC=CC4)c3=O)-c3cccnc32)c1. The number of aryl methyl sites for hydroxylation is 1. The highest BCUT2D eigenvalue weighted by atomic mass is 16.2. The molecular weight excluding hydrogens is 376 g/mol. The summed E-state index contributed by atoms with van der Waals surface area (Å²) in [5.74, 6) is 0.472. The Morgan fingerprint density at radius 2 is 2.10 bits per heavy atom. The molecule has 2 aromatic heterocycles. The quantitative estimate of drug-likeness (QED) is 0.714. The van der Waals surface area contributed by atoms with E-state index in [4.69, 9.17) is 0 Å². The van der Waals surface area contributed by atoms with Crippen LogP contribution >= 0.6 is 0 Å². The summed E-state index contributed by atoms with van der Waals surface area (Å²) in [6, 6.07) is 11.3. The summed E-state index contributed by atoms with van der Waals surface area (Å²) in [5.41, 5.74) is 3.84. The monoisotopic (exact) mass is 398 g/mol. The van der Waals surface area contributed by atoms with Crippen molar-refractivity contribution >= 4 is 11.7 Å². The number of amides is 1. The molecule has 150 valence electrons. The third-order valence-corrected chi connectivity index (χ3v) is 5.71. The number of rotatable bonds is 2. The van der Waals surface area contributed by atoms with E-state index in [1.807, 2.05) is 61.5 Å². The molecule has 1 N–H and O–H groups in total. The average molecular weight is 398 g/mol. The van der Waals surface area contributed by atoms with Crippen molar-refractivity contribution in [1.29, 1.82) is 0 Å². The van der Waals surface area contributed by atoms with Crippen LogP contribution in [0.4, 0.5) is 5.82 Å². The third kappa shape index (κ3) is 3.01. The molecule has 0 saturated carbocycles. The van der Waals surface area contributed by atoms with Crippen LogP contribution in [0.2, 0.25) is 0 Å². The summed E-state index contributed by atoms with van der Waals surface area (Å²) < 4.78 is 1.69. The minimum Gasteiger partial charge on any atom is -0.294 e. The smallest absolute Gasteiger partial charge is 0.270 e. The van der Waals surface area contributed by atoms with Gasteiger partial charge in [-0.1, -0.05) is 42.0 Å². The maximum atomic E-state index is 13.3. The molecule has 0 fully saturated rings. The van der Waals surface area contributed by atoms with Crippen LogP contribution in [0.15, 0.2) is 71.7 Å². The number of H-pyrrole nitrogens is 1. The van der Waals surface area contributed by atoms with Crippen LogP contribution < -0.4 is 10.5 Å². The zero-order chi connectivity index (χ0) is 20.7. The average Bonchev–Trinajstić information content (AvgIpc) is 3.01. The molecule has 5 rings (SSSR count). The van der Waals surface area contributed by atoms with Crippen LogP contribution in [0.5, 0.6) is 0 Å². The largest absolute Gasteiger partial charge is 0.294 e. The van der Waals surface area contributed by atoms with E-state index in [1.165, 1.54) is 0 Å². The molecule has 3 heterocycles. The van der Waals surface area contributed by atoms with Crippen LogP contribution in [0, 0.1) is 6.92 Å². The number of allylic oxidation sites excluding steroid dienone is 4. The molecule has 1 aromatic carbocycles. The molecule has 1 aliphatic carbocycles. The van der Waals surface area contributed by atoms with Crippen molar-refractivity contribution in [3.05, 3.63) is 93.9 Å². The number of nitrogens with one attached hydrogen (secondary N) is 1. The normalized spacial score (nSPS) is 17.4. The van der Waals surface area contributed by atoms with Gasteiger partial charge < -0.3 is 0 Å². The van der Waals surface area contributed by atoms with Crippen molar-refractivity contribution in [2.45, 2.75) is 25.8 Å². The maximum absolute atomic E-state index is 13.3. The van der Waals surface area contributed by atoms with Gasteiger partial charge in [-0.25, -0.2) is 9.67 Å². The minimum atomic E-state index is -0.107. The number of benzene rings is 1. The maximum Gasteiger partial charge on any atom is 0.270 e. The van der Waals surface area contributed by atoms with Gasteiger partial charge in [0.1, 0.15) is 5.82 Å². The molecule has 0 saturated heterocycles. The summed E-state index contributed by atoms with van der Waals surface area (Å²) in [6.07, 6.45) is 11.0. The van der Waals surface area contributed by atoms with Crippen molar-refractivity contribution in [2.75, 3.05) is 11.4 Å². The van der Waals surface area contributed by atoms with Crippen LogP contribution in [-0.4, -0.2) is 27.2 Å². The molecule has 6 nitrogen and oxygen atoms in total. The molecule has 1 amide bonds. The van der Waals surface area contributed by atoms with Crippen molar-refractivity contribution in [3.63, 3.8) is 0 Å². The van der Waals surface area contributed by atoms with Crippen LogP contribution in [0.1, 0.15) is 33.9 Å². The van der Waals surface area contributed by atoms with Crippen molar-refractivity contribution < 1.29 is 4.79 Å². The van der Waals surface area contributed by atoms with Crippen molar-refractivity contribution in [1.82, 2.24) is 14.8 Å². The lowest BCUT2D eigenvalue weighted by Gasteiger charge is -2.22. The number of fused-ring (bicyclic) bond motifs is 3. The van der Waals surface area contributed by atoms with E-state index in [1.54, 1.807) is 15.8 Å². The van der Waals surface area contributed by atoms with Gasteiger partial charge in [0.15, 0.2) is 0 Å². The lowest BCUT2D eigenvalue weighted by Crippen LogP contribution is -2.34. The molecule has 0 spiro atoms. The van der Waals surface area contributed by atoms with Crippen LogP contribution in [0.3, 0.4) is 0 Å². The first-order chi connectivity index (χ1) is 14.6. The lowest BCUT2D eigenvalue weighted by atomic mass is 10.1. The first-order valence-electron chi connectivity index (χ1n) is 10.1. The number of nitrogens with zero attached hydrogens (tertiary/aromatic N) is 3. The Kier molecular flexibility index (Phi) is 4.47. The fourth-order valence-electron chi connectivity index (χ4n) is 4.21. The van der Waals surface area contributed by atoms with Gasteiger partial charge in [-0.3, -0.25) is 19.6 Å². The molecule has 6 heteroatoms. The van der Waals surface area contributed by atoms with Gasteiger partial charge in [0, 0.05) is 29.4 Å². The number of pyridine rings is 1. The van der Waals surface area contributed by atoms with Gasteiger partial charge in [0.05, 0.1) is 11.7 Å². The Morgan fingerprint density at radius 3 is 2.90 bits per heavy atom. The van der Waals surface area contributed by atoms with Gasteiger partial charge in [0.25, 0.3) is 11.5 Å². The minimum absolute atomic E-state index is 0.0282. The van der Waals surface area contributed by atoms with E-state index in [0.717, 1.165) is 23.2 Å². The second-order valence-electron chi connectivity index (χ2n) is 7.71. The van der Waals surface area contributed by atoms with E-state index in [0.29, 0.717) is 29.9 Å². The second-order valence-corrected chi connectivity index (χ2v) is 7.71.